The number of rotatable bonds is 3. The molecule has 3 N–H and O–H groups in total. The van der Waals surface area contributed by atoms with E-state index in [-0.39, 0.29) is 11.9 Å². The van der Waals surface area contributed by atoms with E-state index in [0.29, 0.717) is 16.4 Å². The van der Waals surface area contributed by atoms with Crippen molar-refractivity contribution >= 4 is 23.2 Å². The molecule has 0 aliphatic rings. The molecule has 0 aliphatic heterocycles. The number of carbonyl (C=O) groups is 1. The first-order valence-corrected chi connectivity index (χ1v) is 6.20. The Morgan fingerprint density at radius 2 is 2.16 bits per heavy atom. The highest BCUT2D eigenvalue weighted by Gasteiger charge is 2.23. The summed E-state index contributed by atoms with van der Waals surface area (Å²) in [5.41, 5.74) is 7.20. The lowest BCUT2D eigenvalue weighted by atomic mass is 10.1. The van der Waals surface area contributed by atoms with Crippen LogP contribution in [-0.2, 0) is 0 Å². The number of anilines is 1. The molecule has 19 heavy (non-hydrogen) atoms. The van der Waals surface area contributed by atoms with Gasteiger partial charge in [0.05, 0.1) is 17.9 Å². The van der Waals surface area contributed by atoms with Gasteiger partial charge in [0.1, 0.15) is 5.69 Å². The summed E-state index contributed by atoms with van der Waals surface area (Å²) < 4.78 is 0. The van der Waals surface area contributed by atoms with E-state index in [9.17, 15) is 4.79 Å². The zero-order valence-electron chi connectivity index (χ0n) is 10.7. The highest BCUT2D eigenvalue weighted by Crippen LogP contribution is 2.27. The topological polar surface area (TPSA) is 75.0 Å². The van der Waals surface area contributed by atoms with Crippen LogP contribution in [0.25, 0.3) is 0 Å². The Balaban J connectivity index is 2.25. The van der Waals surface area contributed by atoms with Gasteiger partial charge in [-0.3, -0.25) is 9.89 Å². The molecule has 2 aromatic rings. The molecule has 5 nitrogen and oxygen atoms in total. The molecule has 6 heteroatoms. The summed E-state index contributed by atoms with van der Waals surface area (Å²) in [6, 6.07) is 7.28. The molecule has 1 aromatic carbocycles. The van der Waals surface area contributed by atoms with Gasteiger partial charge >= 0.3 is 0 Å². The van der Waals surface area contributed by atoms with E-state index in [1.165, 1.54) is 6.20 Å². The predicted octanol–water partition coefficient (Wildman–Crippen LogP) is 2.48. The minimum absolute atomic E-state index is 0.163. The second-order valence-electron chi connectivity index (χ2n) is 4.31. The van der Waals surface area contributed by atoms with Crippen molar-refractivity contribution in [2.75, 3.05) is 12.8 Å². The third-order valence-corrected chi connectivity index (χ3v) is 3.48. The number of hydrogen-bond donors (Lipinski definition) is 2. The number of nitrogen functional groups attached to an aromatic ring is 1. The van der Waals surface area contributed by atoms with Gasteiger partial charge in [-0.15, -0.1) is 0 Å². The largest absolute Gasteiger partial charge is 0.396 e. The fourth-order valence-corrected chi connectivity index (χ4v) is 2.14. The molecule has 0 saturated carbocycles. The maximum absolute atomic E-state index is 12.3. The van der Waals surface area contributed by atoms with Crippen molar-refractivity contribution < 1.29 is 4.79 Å². The number of aromatic amines is 1. The van der Waals surface area contributed by atoms with Gasteiger partial charge in [0.15, 0.2) is 0 Å². The van der Waals surface area contributed by atoms with Gasteiger partial charge in [0, 0.05) is 12.1 Å². The third kappa shape index (κ3) is 2.56. The molecule has 0 aliphatic carbocycles. The van der Waals surface area contributed by atoms with Crippen LogP contribution in [0.5, 0.6) is 0 Å². The molecule has 1 heterocycles. The average Bonchev–Trinajstić information content (AvgIpc) is 2.83. The second kappa shape index (κ2) is 5.32. The number of nitrogens with one attached hydrogen (secondary N) is 1. The smallest absolute Gasteiger partial charge is 0.274 e. The van der Waals surface area contributed by atoms with Crippen LogP contribution in [0.2, 0.25) is 5.02 Å². The number of hydrogen-bond acceptors (Lipinski definition) is 3. The molecule has 100 valence electrons. The molecule has 0 bridgehead atoms. The van der Waals surface area contributed by atoms with Gasteiger partial charge in [-0.1, -0.05) is 29.8 Å². The van der Waals surface area contributed by atoms with Gasteiger partial charge in [-0.2, -0.15) is 5.10 Å². The molecule has 0 radical (unpaired) electrons. The molecule has 1 unspecified atom stereocenters. The van der Waals surface area contributed by atoms with Crippen LogP contribution < -0.4 is 5.73 Å². The van der Waals surface area contributed by atoms with Crippen molar-refractivity contribution in [2.45, 2.75) is 13.0 Å². The predicted molar refractivity (Wildman–Crippen MR) is 75.0 cm³/mol. The second-order valence-corrected chi connectivity index (χ2v) is 4.72. The Morgan fingerprint density at radius 1 is 1.47 bits per heavy atom. The fourth-order valence-electron chi connectivity index (χ4n) is 1.84. The van der Waals surface area contributed by atoms with E-state index >= 15 is 0 Å². The lowest BCUT2D eigenvalue weighted by molar-refractivity contribution is 0.0738. The van der Waals surface area contributed by atoms with E-state index < -0.39 is 0 Å². The number of halogens is 1. The highest BCUT2D eigenvalue weighted by atomic mass is 35.5. The molecule has 2 rings (SSSR count). The summed E-state index contributed by atoms with van der Waals surface area (Å²) in [6.07, 6.45) is 1.42. The van der Waals surface area contributed by atoms with Crippen molar-refractivity contribution in [3.63, 3.8) is 0 Å². The summed E-state index contributed by atoms with van der Waals surface area (Å²) >= 11 is 6.14. The summed E-state index contributed by atoms with van der Waals surface area (Å²) in [5, 5.41) is 6.99. The number of benzene rings is 1. The zero-order chi connectivity index (χ0) is 14.0. The first kappa shape index (κ1) is 13.4. The summed E-state index contributed by atoms with van der Waals surface area (Å²) in [6.45, 7) is 1.91. The van der Waals surface area contributed by atoms with Crippen LogP contribution in [0.3, 0.4) is 0 Å². The lowest BCUT2D eigenvalue weighted by Gasteiger charge is -2.25. The Kier molecular flexibility index (Phi) is 3.76. The van der Waals surface area contributed by atoms with Crippen molar-refractivity contribution in [1.82, 2.24) is 15.1 Å². The van der Waals surface area contributed by atoms with E-state index in [1.54, 1.807) is 18.0 Å². The first-order chi connectivity index (χ1) is 9.02. The van der Waals surface area contributed by atoms with Gasteiger partial charge in [-0.05, 0) is 18.6 Å². The number of nitrogens with zero attached hydrogens (tertiary/aromatic N) is 2. The zero-order valence-corrected chi connectivity index (χ0v) is 11.5. The van der Waals surface area contributed by atoms with E-state index in [4.69, 9.17) is 17.3 Å². The number of amides is 1. The molecule has 1 amide bonds. The van der Waals surface area contributed by atoms with E-state index in [2.05, 4.69) is 10.2 Å². The number of nitrogens with two attached hydrogens (primary N) is 1. The standard InChI is InChI=1S/C13H15ClN4O/c1-8(9-5-3-4-6-10(9)14)18(2)13(19)12-11(15)7-16-17-12/h3-8H,15H2,1-2H3,(H,16,17). The Hall–Kier alpha value is -2.01. The number of carbonyl (C=O) groups excluding carboxylic acids is 1. The summed E-state index contributed by atoms with van der Waals surface area (Å²) in [4.78, 5) is 13.9. The molecule has 1 atom stereocenters. The van der Waals surface area contributed by atoms with Crippen molar-refractivity contribution in [3.8, 4) is 0 Å². The number of aromatic nitrogens is 2. The molecule has 0 fully saturated rings. The Labute approximate surface area is 116 Å². The third-order valence-electron chi connectivity index (χ3n) is 3.14. The molecular weight excluding hydrogens is 264 g/mol. The van der Waals surface area contributed by atoms with Crippen LogP contribution in [0.4, 0.5) is 5.69 Å². The lowest BCUT2D eigenvalue weighted by Crippen LogP contribution is -2.30. The summed E-state index contributed by atoms with van der Waals surface area (Å²) in [5.74, 6) is -0.220. The molecular formula is C13H15ClN4O. The van der Waals surface area contributed by atoms with Gasteiger partial charge in [0.25, 0.3) is 5.91 Å². The van der Waals surface area contributed by atoms with Gasteiger partial charge < -0.3 is 10.6 Å². The normalized spacial score (nSPS) is 12.2. The van der Waals surface area contributed by atoms with E-state index in [0.717, 1.165) is 5.56 Å². The SMILES string of the molecule is CC(c1ccccc1Cl)N(C)C(=O)c1[nH]ncc1N. The highest BCUT2D eigenvalue weighted by molar-refractivity contribution is 6.31. The molecule has 1 aromatic heterocycles. The van der Waals surface area contributed by atoms with Gasteiger partial charge in [0.2, 0.25) is 0 Å². The fraction of sp³-hybridized carbons (Fsp3) is 0.231. The van der Waals surface area contributed by atoms with Crippen molar-refractivity contribution in [3.05, 3.63) is 46.7 Å². The van der Waals surface area contributed by atoms with Crippen LogP contribution >= 0.6 is 11.6 Å². The van der Waals surface area contributed by atoms with Crippen LogP contribution in [-0.4, -0.2) is 28.1 Å². The van der Waals surface area contributed by atoms with Crippen LogP contribution in [0.15, 0.2) is 30.5 Å². The van der Waals surface area contributed by atoms with Crippen molar-refractivity contribution in [2.24, 2.45) is 0 Å². The summed E-state index contributed by atoms with van der Waals surface area (Å²) in [7, 11) is 1.70. The molecule has 0 spiro atoms. The Morgan fingerprint density at radius 3 is 2.74 bits per heavy atom. The minimum Gasteiger partial charge on any atom is -0.396 e. The van der Waals surface area contributed by atoms with Crippen molar-refractivity contribution in [1.29, 1.82) is 0 Å². The number of H-pyrrole nitrogens is 1. The monoisotopic (exact) mass is 278 g/mol. The molecule has 0 saturated heterocycles. The first-order valence-electron chi connectivity index (χ1n) is 5.82. The maximum Gasteiger partial charge on any atom is 0.274 e. The van der Waals surface area contributed by atoms with E-state index in [1.807, 2.05) is 25.1 Å². The van der Waals surface area contributed by atoms with Gasteiger partial charge in [-0.25, -0.2) is 0 Å². The maximum atomic E-state index is 12.3. The van der Waals surface area contributed by atoms with Crippen LogP contribution in [0, 0.1) is 0 Å². The minimum atomic E-state index is -0.220. The quantitative estimate of drug-likeness (QED) is 0.906. The average molecular weight is 279 g/mol. The Bertz CT molecular complexity index is 596. The van der Waals surface area contributed by atoms with Crippen LogP contribution in [0.1, 0.15) is 29.0 Å².